The summed E-state index contributed by atoms with van der Waals surface area (Å²) in [6.45, 7) is 9.76. The predicted molar refractivity (Wildman–Crippen MR) is 52.0 cm³/mol. The van der Waals surface area contributed by atoms with E-state index in [1.54, 1.807) is 11.2 Å². The summed E-state index contributed by atoms with van der Waals surface area (Å²) in [5.74, 6) is 0. The van der Waals surface area contributed by atoms with E-state index in [1.807, 2.05) is 34.6 Å². The highest BCUT2D eigenvalue weighted by atomic mass is 19.1. The van der Waals surface area contributed by atoms with Crippen molar-refractivity contribution in [1.29, 1.82) is 0 Å². The third-order valence-corrected chi connectivity index (χ3v) is 2.06. The molecule has 76 valence electrons. The summed E-state index contributed by atoms with van der Waals surface area (Å²) >= 11 is 0. The van der Waals surface area contributed by atoms with Gasteiger partial charge in [-0.15, -0.1) is 0 Å². The molecule has 13 heavy (non-hydrogen) atoms. The molecule has 3 nitrogen and oxygen atoms in total. The van der Waals surface area contributed by atoms with Crippen LogP contribution in [-0.2, 0) is 0 Å². The van der Waals surface area contributed by atoms with Crippen molar-refractivity contribution in [3.8, 4) is 0 Å². The second kappa shape index (κ2) is 3.16. The Hall–Kier alpha value is -0.800. The van der Waals surface area contributed by atoms with Gasteiger partial charge in [-0.05, 0) is 34.6 Å². The molecule has 0 aromatic carbocycles. The molecule has 0 radical (unpaired) electrons. The van der Waals surface area contributed by atoms with Crippen molar-refractivity contribution in [3.05, 3.63) is 0 Å². The van der Waals surface area contributed by atoms with Gasteiger partial charge in [0.25, 0.3) is 6.42 Å². The molecular formula is C9H18FN3. The first kappa shape index (κ1) is 10.3. The van der Waals surface area contributed by atoms with Crippen molar-refractivity contribution >= 4 is 6.34 Å². The first-order chi connectivity index (χ1) is 5.84. The van der Waals surface area contributed by atoms with Gasteiger partial charge in [-0.25, -0.2) is 5.01 Å². The first-order valence-corrected chi connectivity index (χ1v) is 4.59. The normalized spacial score (nSPS) is 23.5. The number of halogens is 1. The summed E-state index contributed by atoms with van der Waals surface area (Å²) in [6.07, 6.45) is 0.449. The summed E-state index contributed by atoms with van der Waals surface area (Å²) in [4.78, 5) is 1.62. The lowest BCUT2D eigenvalue weighted by Crippen LogP contribution is -2.48. The van der Waals surface area contributed by atoms with Gasteiger partial charge in [0.05, 0.1) is 0 Å². The smallest absolute Gasteiger partial charge is 0.265 e. The van der Waals surface area contributed by atoms with E-state index < -0.39 is 6.42 Å². The van der Waals surface area contributed by atoms with Crippen LogP contribution in [0, 0.1) is 0 Å². The first-order valence-electron chi connectivity index (χ1n) is 4.59. The number of hydrogen-bond acceptors (Lipinski definition) is 3. The van der Waals surface area contributed by atoms with Crippen LogP contribution in [0.15, 0.2) is 5.10 Å². The minimum atomic E-state index is -1.13. The van der Waals surface area contributed by atoms with Gasteiger partial charge in [0.2, 0.25) is 0 Å². The molecule has 0 bridgehead atoms. The zero-order chi connectivity index (χ0) is 10.2. The Kier molecular flexibility index (Phi) is 2.50. The minimum Gasteiger partial charge on any atom is -0.308 e. The van der Waals surface area contributed by atoms with E-state index in [-0.39, 0.29) is 11.6 Å². The Morgan fingerprint density at radius 3 is 2.15 bits per heavy atom. The second-order valence-electron chi connectivity index (χ2n) is 4.59. The fourth-order valence-corrected chi connectivity index (χ4v) is 1.22. The topological polar surface area (TPSA) is 18.8 Å². The lowest BCUT2D eigenvalue weighted by Gasteiger charge is -2.35. The highest BCUT2D eigenvalue weighted by Crippen LogP contribution is 2.24. The number of hydrogen-bond donors (Lipinski definition) is 0. The molecule has 0 saturated carbocycles. The average molecular weight is 187 g/mol. The molecule has 0 aromatic heterocycles. The van der Waals surface area contributed by atoms with E-state index in [0.29, 0.717) is 0 Å². The maximum atomic E-state index is 13.7. The van der Waals surface area contributed by atoms with Crippen molar-refractivity contribution in [2.45, 2.75) is 52.6 Å². The molecule has 0 saturated heterocycles. The van der Waals surface area contributed by atoms with Gasteiger partial charge < -0.3 is 4.90 Å². The van der Waals surface area contributed by atoms with Gasteiger partial charge >= 0.3 is 0 Å². The van der Waals surface area contributed by atoms with Crippen LogP contribution >= 0.6 is 0 Å². The molecule has 1 heterocycles. The standard InChI is InChI=1S/C9H18FN3/c1-7(2)13-8(10)12(6-11-13)9(3,4)5/h6-8H,1-5H3. The molecule has 1 unspecified atom stereocenters. The zero-order valence-corrected chi connectivity index (χ0v) is 8.95. The van der Waals surface area contributed by atoms with Gasteiger partial charge in [-0.3, -0.25) is 0 Å². The Bertz CT molecular complexity index is 207. The van der Waals surface area contributed by atoms with Crippen molar-refractivity contribution in [3.63, 3.8) is 0 Å². The van der Waals surface area contributed by atoms with E-state index in [2.05, 4.69) is 5.10 Å². The second-order valence-corrected chi connectivity index (χ2v) is 4.59. The molecule has 0 aromatic rings. The van der Waals surface area contributed by atoms with Gasteiger partial charge in [-0.1, -0.05) is 0 Å². The van der Waals surface area contributed by atoms with Crippen molar-refractivity contribution in [1.82, 2.24) is 9.91 Å². The van der Waals surface area contributed by atoms with Crippen LogP contribution in [0.5, 0.6) is 0 Å². The van der Waals surface area contributed by atoms with E-state index in [0.717, 1.165) is 0 Å². The SMILES string of the molecule is CC(C)N1N=CN(C(C)(C)C)C1F. The lowest BCUT2D eigenvalue weighted by molar-refractivity contribution is -0.0374. The maximum absolute atomic E-state index is 13.7. The third kappa shape index (κ3) is 1.92. The van der Waals surface area contributed by atoms with Crippen LogP contribution in [0.2, 0.25) is 0 Å². The highest BCUT2D eigenvalue weighted by molar-refractivity contribution is 5.58. The molecule has 4 heteroatoms. The van der Waals surface area contributed by atoms with Gasteiger partial charge in [-0.2, -0.15) is 9.49 Å². The molecular weight excluding hydrogens is 169 g/mol. The monoisotopic (exact) mass is 187 g/mol. The Balaban J connectivity index is 2.72. The minimum absolute atomic E-state index is 0.0959. The fourth-order valence-electron chi connectivity index (χ4n) is 1.22. The third-order valence-electron chi connectivity index (χ3n) is 2.06. The summed E-state index contributed by atoms with van der Waals surface area (Å²) in [6, 6.07) is 0.0959. The molecule has 1 aliphatic rings. The molecule has 0 aliphatic carbocycles. The highest BCUT2D eigenvalue weighted by Gasteiger charge is 2.35. The Labute approximate surface area is 79.2 Å². The molecule has 0 fully saturated rings. The maximum Gasteiger partial charge on any atom is 0.265 e. The van der Waals surface area contributed by atoms with Crippen molar-refractivity contribution < 1.29 is 4.39 Å². The average Bonchev–Trinajstić information content (AvgIpc) is 2.28. The molecule has 0 amide bonds. The van der Waals surface area contributed by atoms with Crippen LogP contribution in [0.25, 0.3) is 0 Å². The van der Waals surface area contributed by atoms with E-state index in [9.17, 15) is 4.39 Å². The van der Waals surface area contributed by atoms with Crippen LogP contribution in [0.1, 0.15) is 34.6 Å². The van der Waals surface area contributed by atoms with E-state index in [4.69, 9.17) is 0 Å². The van der Waals surface area contributed by atoms with Crippen LogP contribution in [0.3, 0.4) is 0 Å². The number of nitrogens with zero attached hydrogens (tertiary/aromatic N) is 3. The summed E-state index contributed by atoms with van der Waals surface area (Å²) in [7, 11) is 0. The lowest BCUT2D eigenvalue weighted by atomic mass is 10.1. The fraction of sp³-hybridized carbons (Fsp3) is 0.889. The molecule has 0 spiro atoms. The van der Waals surface area contributed by atoms with Crippen molar-refractivity contribution in [2.75, 3.05) is 0 Å². The van der Waals surface area contributed by atoms with E-state index >= 15 is 0 Å². The Morgan fingerprint density at radius 1 is 1.38 bits per heavy atom. The van der Waals surface area contributed by atoms with Gasteiger partial charge in [0, 0.05) is 11.6 Å². The number of hydrazone groups is 1. The largest absolute Gasteiger partial charge is 0.308 e. The molecule has 1 aliphatic heterocycles. The number of rotatable bonds is 1. The quantitative estimate of drug-likeness (QED) is 0.585. The number of alkyl halides is 1. The summed E-state index contributed by atoms with van der Waals surface area (Å²) < 4.78 is 13.7. The Morgan fingerprint density at radius 2 is 1.92 bits per heavy atom. The van der Waals surface area contributed by atoms with Crippen LogP contribution < -0.4 is 0 Å². The van der Waals surface area contributed by atoms with Crippen LogP contribution in [-0.4, -0.2) is 34.2 Å². The van der Waals surface area contributed by atoms with Crippen LogP contribution in [0.4, 0.5) is 4.39 Å². The molecule has 0 N–H and O–H groups in total. The molecule has 1 rings (SSSR count). The molecule has 1 atom stereocenters. The van der Waals surface area contributed by atoms with E-state index in [1.165, 1.54) is 5.01 Å². The van der Waals surface area contributed by atoms with Crippen molar-refractivity contribution in [2.24, 2.45) is 5.10 Å². The van der Waals surface area contributed by atoms with Gasteiger partial charge in [0.15, 0.2) is 0 Å². The summed E-state index contributed by atoms with van der Waals surface area (Å²) in [5.41, 5.74) is -0.216. The van der Waals surface area contributed by atoms with Gasteiger partial charge in [0.1, 0.15) is 6.34 Å². The predicted octanol–water partition coefficient (Wildman–Crippen LogP) is 2.01. The zero-order valence-electron chi connectivity index (χ0n) is 8.95. The summed E-state index contributed by atoms with van der Waals surface area (Å²) in [5, 5.41) is 5.49.